The van der Waals surface area contributed by atoms with E-state index < -0.39 is 0 Å². The topological polar surface area (TPSA) is 75.7 Å². The summed E-state index contributed by atoms with van der Waals surface area (Å²) >= 11 is 1.61. The minimum atomic E-state index is -0.256. The molecular formula is C13H19N5OS. The Bertz CT molecular complexity index is 619. The van der Waals surface area contributed by atoms with Crippen molar-refractivity contribution in [2.45, 2.75) is 32.4 Å². The lowest BCUT2D eigenvalue weighted by molar-refractivity contribution is -0.119. The molecule has 1 aliphatic heterocycles. The Morgan fingerprint density at radius 3 is 3.25 bits per heavy atom. The van der Waals surface area contributed by atoms with Crippen LogP contribution < -0.4 is 16.0 Å². The van der Waals surface area contributed by atoms with Crippen molar-refractivity contribution < 1.29 is 4.79 Å². The number of primary amides is 1. The summed E-state index contributed by atoms with van der Waals surface area (Å²) in [6.45, 7) is 4.56. The smallest absolute Gasteiger partial charge is 0.240 e. The minimum Gasteiger partial charge on any atom is -0.368 e. The SMILES string of the molecule is CCNCc1c(N2CCCC2C(N)=O)nc2sccn12. The maximum atomic E-state index is 11.6. The van der Waals surface area contributed by atoms with E-state index in [9.17, 15) is 4.79 Å². The van der Waals surface area contributed by atoms with Gasteiger partial charge in [-0.05, 0) is 19.4 Å². The normalized spacial score (nSPS) is 19.1. The summed E-state index contributed by atoms with van der Waals surface area (Å²) in [6.07, 6.45) is 3.83. The lowest BCUT2D eigenvalue weighted by Gasteiger charge is -2.23. The summed E-state index contributed by atoms with van der Waals surface area (Å²) in [5.41, 5.74) is 6.62. The quantitative estimate of drug-likeness (QED) is 0.861. The van der Waals surface area contributed by atoms with E-state index in [1.165, 1.54) is 0 Å². The van der Waals surface area contributed by atoms with Crippen molar-refractivity contribution in [2.75, 3.05) is 18.0 Å². The van der Waals surface area contributed by atoms with Gasteiger partial charge < -0.3 is 16.0 Å². The van der Waals surface area contributed by atoms with Crippen LogP contribution in [-0.4, -0.2) is 34.4 Å². The molecule has 0 bridgehead atoms. The second-order valence-electron chi connectivity index (χ2n) is 4.97. The van der Waals surface area contributed by atoms with E-state index in [1.54, 1.807) is 11.3 Å². The molecule has 0 saturated carbocycles. The second kappa shape index (κ2) is 5.41. The molecule has 7 heteroatoms. The van der Waals surface area contributed by atoms with E-state index >= 15 is 0 Å². The third kappa shape index (κ3) is 2.16. The van der Waals surface area contributed by atoms with E-state index in [4.69, 9.17) is 10.7 Å². The van der Waals surface area contributed by atoms with E-state index in [2.05, 4.69) is 21.5 Å². The number of hydrogen-bond donors (Lipinski definition) is 2. The first kappa shape index (κ1) is 13.4. The van der Waals surface area contributed by atoms with Crippen molar-refractivity contribution in [3.05, 3.63) is 17.3 Å². The number of nitrogens with zero attached hydrogens (tertiary/aromatic N) is 3. The minimum absolute atomic E-state index is 0.222. The fourth-order valence-electron chi connectivity index (χ4n) is 2.77. The van der Waals surface area contributed by atoms with Gasteiger partial charge in [-0.3, -0.25) is 9.20 Å². The number of thiazole rings is 1. The Hall–Kier alpha value is -1.60. The highest BCUT2D eigenvalue weighted by molar-refractivity contribution is 7.15. The number of fused-ring (bicyclic) bond motifs is 1. The Labute approximate surface area is 121 Å². The molecular weight excluding hydrogens is 274 g/mol. The van der Waals surface area contributed by atoms with Crippen LogP contribution in [0.2, 0.25) is 0 Å². The third-order valence-electron chi connectivity index (χ3n) is 3.74. The molecule has 1 saturated heterocycles. The second-order valence-corrected chi connectivity index (χ2v) is 5.84. The predicted octanol–water partition coefficient (Wildman–Crippen LogP) is 0.959. The molecule has 0 spiro atoms. The molecule has 1 unspecified atom stereocenters. The summed E-state index contributed by atoms with van der Waals surface area (Å²) in [6, 6.07) is -0.222. The van der Waals surface area contributed by atoms with Crippen molar-refractivity contribution in [1.29, 1.82) is 0 Å². The first-order chi connectivity index (χ1) is 9.72. The van der Waals surface area contributed by atoms with Gasteiger partial charge in [0.05, 0.1) is 5.69 Å². The molecule has 1 amide bonds. The summed E-state index contributed by atoms with van der Waals surface area (Å²) in [7, 11) is 0. The first-order valence-electron chi connectivity index (χ1n) is 6.93. The lowest BCUT2D eigenvalue weighted by atomic mass is 10.2. The fraction of sp³-hybridized carbons (Fsp3) is 0.538. The van der Waals surface area contributed by atoms with Gasteiger partial charge in [-0.2, -0.15) is 0 Å². The maximum absolute atomic E-state index is 11.6. The van der Waals surface area contributed by atoms with Crippen LogP contribution in [0.1, 0.15) is 25.5 Å². The van der Waals surface area contributed by atoms with Gasteiger partial charge in [0.1, 0.15) is 6.04 Å². The van der Waals surface area contributed by atoms with Crippen molar-refractivity contribution in [2.24, 2.45) is 5.73 Å². The van der Waals surface area contributed by atoms with Gasteiger partial charge in [0.25, 0.3) is 0 Å². The number of nitrogens with two attached hydrogens (primary N) is 1. The van der Waals surface area contributed by atoms with Crippen molar-refractivity contribution in [3.63, 3.8) is 0 Å². The van der Waals surface area contributed by atoms with Gasteiger partial charge >= 0.3 is 0 Å². The maximum Gasteiger partial charge on any atom is 0.240 e. The highest BCUT2D eigenvalue weighted by Crippen LogP contribution is 2.30. The largest absolute Gasteiger partial charge is 0.368 e. The van der Waals surface area contributed by atoms with Gasteiger partial charge in [0.15, 0.2) is 10.8 Å². The summed E-state index contributed by atoms with van der Waals surface area (Å²) in [4.78, 5) is 19.3. The molecule has 3 rings (SSSR count). The molecule has 1 atom stereocenters. The number of amides is 1. The fourth-order valence-corrected chi connectivity index (χ4v) is 3.50. The number of anilines is 1. The molecule has 3 heterocycles. The third-order valence-corrected chi connectivity index (χ3v) is 4.49. The molecule has 1 aliphatic rings. The standard InChI is InChI=1S/C13H19N5OS/c1-2-15-8-10-12(16-13-18(10)6-7-20-13)17-5-3-4-9(17)11(14)19/h6-7,9,15H,2-5,8H2,1H3,(H2,14,19). The molecule has 2 aromatic rings. The van der Waals surface area contributed by atoms with Crippen molar-refractivity contribution in [1.82, 2.24) is 14.7 Å². The number of rotatable bonds is 5. The number of hydrogen-bond acceptors (Lipinski definition) is 5. The molecule has 20 heavy (non-hydrogen) atoms. The Morgan fingerprint density at radius 2 is 2.50 bits per heavy atom. The van der Waals surface area contributed by atoms with E-state index in [0.717, 1.165) is 48.9 Å². The average molecular weight is 293 g/mol. The summed E-state index contributed by atoms with van der Waals surface area (Å²) in [5, 5.41) is 5.37. The molecule has 6 nitrogen and oxygen atoms in total. The van der Waals surface area contributed by atoms with Crippen LogP contribution in [-0.2, 0) is 11.3 Å². The van der Waals surface area contributed by atoms with Gasteiger partial charge in [0, 0.05) is 24.7 Å². The number of nitrogens with one attached hydrogen (secondary N) is 1. The zero-order valence-electron chi connectivity index (χ0n) is 11.5. The molecule has 108 valence electrons. The van der Waals surface area contributed by atoms with Crippen molar-refractivity contribution >= 4 is 28.0 Å². The van der Waals surface area contributed by atoms with Crippen LogP contribution in [0.5, 0.6) is 0 Å². The summed E-state index contributed by atoms with van der Waals surface area (Å²) in [5.74, 6) is 0.646. The Morgan fingerprint density at radius 1 is 1.65 bits per heavy atom. The molecule has 0 radical (unpaired) electrons. The van der Waals surface area contributed by atoms with Gasteiger partial charge in [0.2, 0.25) is 5.91 Å². The number of aromatic nitrogens is 2. The van der Waals surface area contributed by atoms with Crippen LogP contribution in [0, 0.1) is 0 Å². The van der Waals surface area contributed by atoms with Crippen molar-refractivity contribution in [3.8, 4) is 0 Å². The molecule has 2 aromatic heterocycles. The van der Waals surface area contributed by atoms with E-state index in [1.807, 2.05) is 11.6 Å². The lowest BCUT2D eigenvalue weighted by Crippen LogP contribution is -2.41. The van der Waals surface area contributed by atoms with Gasteiger partial charge in [-0.25, -0.2) is 4.98 Å². The van der Waals surface area contributed by atoms with Crippen LogP contribution in [0.25, 0.3) is 4.96 Å². The molecule has 0 aromatic carbocycles. The number of imidazole rings is 1. The van der Waals surface area contributed by atoms with Gasteiger partial charge in [-0.15, -0.1) is 11.3 Å². The van der Waals surface area contributed by atoms with E-state index in [0.29, 0.717) is 0 Å². The summed E-state index contributed by atoms with van der Waals surface area (Å²) < 4.78 is 2.10. The molecule has 3 N–H and O–H groups in total. The highest BCUT2D eigenvalue weighted by Gasteiger charge is 2.32. The van der Waals surface area contributed by atoms with Crippen LogP contribution in [0.4, 0.5) is 5.82 Å². The zero-order chi connectivity index (χ0) is 14.1. The number of carbonyl (C=O) groups is 1. The van der Waals surface area contributed by atoms with Crippen LogP contribution in [0.15, 0.2) is 11.6 Å². The molecule has 0 aliphatic carbocycles. The Balaban J connectivity index is 2.01. The predicted molar refractivity (Wildman–Crippen MR) is 80.0 cm³/mol. The first-order valence-corrected chi connectivity index (χ1v) is 7.81. The monoisotopic (exact) mass is 293 g/mol. The molecule has 1 fully saturated rings. The van der Waals surface area contributed by atoms with Crippen LogP contribution >= 0.6 is 11.3 Å². The van der Waals surface area contributed by atoms with E-state index in [-0.39, 0.29) is 11.9 Å². The average Bonchev–Trinajstić information content (AvgIpc) is 3.11. The highest BCUT2D eigenvalue weighted by atomic mass is 32.1. The van der Waals surface area contributed by atoms with Gasteiger partial charge in [-0.1, -0.05) is 6.92 Å². The van der Waals surface area contributed by atoms with Crippen LogP contribution in [0.3, 0.4) is 0 Å². The Kier molecular flexibility index (Phi) is 3.62. The zero-order valence-corrected chi connectivity index (χ0v) is 12.3. The number of carbonyl (C=O) groups excluding carboxylic acids is 1.